The van der Waals surface area contributed by atoms with E-state index >= 15 is 0 Å². The summed E-state index contributed by atoms with van der Waals surface area (Å²) in [5.74, 6) is -2.19. The van der Waals surface area contributed by atoms with Gasteiger partial charge in [0.05, 0.1) is 29.8 Å². The number of pyridine rings is 1. The van der Waals surface area contributed by atoms with Crippen molar-refractivity contribution in [3.8, 4) is 0 Å². The molecule has 0 radical (unpaired) electrons. The lowest BCUT2D eigenvalue weighted by Crippen LogP contribution is -2.42. The number of alkyl halides is 2. The number of hydrogen-bond donors (Lipinski definition) is 2. The average Bonchev–Trinajstić information content (AvgIpc) is 3.18. The third-order valence-electron chi connectivity index (χ3n) is 5.16. The number of allylic oxidation sites excluding steroid dienone is 1. The van der Waals surface area contributed by atoms with Crippen LogP contribution < -0.4 is 11.0 Å². The molecule has 1 saturated carbocycles. The molecule has 140 valence electrons. The van der Waals surface area contributed by atoms with Crippen molar-refractivity contribution in [3.05, 3.63) is 47.1 Å². The number of aromatic nitrogens is 3. The highest BCUT2D eigenvalue weighted by molar-refractivity contribution is 6.31. The molecule has 1 fully saturated rings. The molecule has 0 spiro atoms. The highest BCUT2D eigenvalue weighted by Crippen LogP contribution is 2.49. The SMILES string of the molecule is CC1=CN(Cc2nc3cnc4ccc(Cl)cc4c3n2C2CCC2(F)F)NN1. The van der Waals surface area contributed by atoms with Gasteiger partial charge in [-0.3, -0.25) is 9.99 Å². The smallest absolute Gasteiger partial charge is 0.268 e. The minimum absolute atomic E-state index is 0.108. The van der Waals surface area contributed by atoms with Crippen LogP contribution in [-0.4, -0.2) is 25.5 Å². The summed E-state index contributed by atoms with van der Waals surface area (Å²) in [7, 11) is 0. The van der Waals surface area contributed by atoms with Crippen LogP contribution in [0.1, 0.15) is 31.6 Å². The molecule has 0 saturated heterocycles. The van der Waals surface area contributed by atoms with E-state index in [1.54, 1.807) is 34.0 Å². The van der Waals surface area contributed by atoms with Gasteiger partial charge >= 0.3 is 0 Å². The van der Waals surface area contributed by atoms with Crippen LogP contribution in [0, 0.1) is 0 Å². The summed E-state index contributed by atoms with van der Waals surface area (Å²) in [6.07, 6.45) is 3.81. The molecule has 27 heavy (non-hydrogen) atoms. The first-order chi connectivity index (χ1) is 12.9. The number of halogens is 3. The van der Waals surface area contributed by atoms with Crippen molar-refractivity contribution >= 4 is 33.5 Å². The lowest BCUT2D eigenvalue weighted by molar-refractivity contribution is -0.122. The second-order valence-corrected chi connectivity index (χ2v) is 7.48. The topological polar surface area (TPSA) is 58.0 Å². The Morgan fingerprint density at radius 3 is 2.85 bits per heavy atom. The summed E-state index contributed by atoms with van der Waals surface area (Å²) in [5, 5.41) is 3.06. The van der Waals surface area contributed by atoms with Crippen molar-refractivity contribution in [3.63, 3.8) is 0 Å². The number of hydrogen-bond acceptors (Lipinski definition) is 5. The maximum Gasteiger partial charge on any atom is 0.268 e. The number of fused-ring (bicyclic) bond motifs is 3. The van der Waals surface area contributed by atoms with Crippen molar-refractivity contribution < 1.29 is 8.78 Å². The maximum absolute atomic E-state index is 14.4. The summed E-state index contributed by atoms with van der Waals surface area (Å²) in [6, 6.07) is 4.40. The van der Waals surface area contributed by atoms with Crippen LogP contribution in [0.3, 0.4) is 0 Å². The van der Waals surface area contributed by atoms with Crippen molar-refractivity contribution in [2.24, 2.45) is 0 Å². The van der Waals surface area contributed by atoms with Crippen LogP contribution in [0.25, 0.3) is 21.9 Å². The van der Waals surface area contributed by atoms with Gasteiger partial charge in [-0.1, -0.05) is 11.6 Å². The fourth-order valence-electron chi connectivity index (χ4n) is 3.75. The van der Waals surface area contributed by atoms with Gasteiger partial charge in [0.1, 0.15) is 11.3 Å². The second-order valence-electron chi connectivity index (χ2n) is 7.04. The fraction of sp³-hybridized carbons (Fsp3) is 0.333. The minimum Gasteiger partial charge on any atom is -0.317 e. The zero-order chi connectivity index (χ0) is 18.8. The number of imidazole rings is 1. The van der Waals surface area contributed by atoms with Crippen LogP contribution in [0.4, 0.5) is 8.78 Å². The third kappa shape index (κ3) is 2.62. The highest BCUT2D eigenvalue weighted by atomic mass is 35.5. The van der Waals surface area contributed by atoms with E-state index in [0.717, 1.165) is 11.1 Å². The van der Waals surface area contributed by atoms with E-state index in [-0.39, 0.29) is 6.42 Å². The Balaban J connectivity index is 1.74. The summed E-state index contributed by atoms with van der Waals surface area (Å²) >= 11 is 6.18. The molecule has 3 aromatic rings. The normalized spacial score (nSPS) is 21.4. The molecule has 9 heteroatoms. The summed E-state index contributed by atoms with van der Waals surface area (Å²) < 4.78 is 30.5. The predicted octanol–water partition coefficient (Wildman–Crippen LogP) is 3.89. The van der Waals surface area contributed by atoms with E-state index in [4.69, 9.17) is 11.6 Å². The van der Waals surface area contributed by atoms with Crippen LogP contribution in [0.15, 0.2) is 36.3 Å². The molecule has 1 aliphatic heterocycles. The Morgan fingerprint density at radius 1 is 1.33 bits per heavy atom. The molecule has 1 atom stereocenters. The molecule has 1 unspecified atom stereocenters. The summed E-state index contributed by atoms with van der Waals surface area (Å²) in [5.41, 5.74) is 8.85. The maximum atomic E-state index is 14.4. The van der Waals surface area contributed by atoms with Crippen LogP contribution in [-0.2, 0) is 6.54 Å². The van der Waals surface area contributed by atoms with Gasteiger partial charge in [-0.15, -0.1) is 5.53 Å². The number of rotatable bonds is 3. The highest BCUT2D eigenvalue weighted by Gasteiger charge is 2.50. The number of nitrogens with one attached hydrogen (secondary N) is 2. The molecular weight excluding hydrogens is 374 g/mol. The van der Waals surface area contributed by atoms with E-state index in [0.29, 0.717) is 40.4 Å². The van der Waals surface area contributed by atoms with E-state index < -0.39 is 12.0 Å². The Hall–Kier alpha value is -2.45. The fourth-order valence-corrected chi connectivity index (χ4v) is 3.92. The molecule has 0 bridgehead atoms. The Kier molecular flexibility index (Phi) is 3.57. The van der Waals surface area contributed by atoms with Gasteiger partial charge in [-0.05, 0) is 31.5 Å². The molecule has 1 aromatic carbocycles. The first kappa shape index (κ1) is 16.7. The third-order valence-corrected chi connectivity index (χ3v) is 5.39. The molecule has 2 aromatic heterocycles. The van der Waals surface area contributed by atoms with E-state index in [1.165, 1.54) is 0 Å². The molecule has 3 heterocycles. The van der Waals surface area contributed by atoms with Gasteiger partial charge in [0.2, 0.25) is 0 Å². The molecule has 2 N–H and O–H groups in total. The Labute approximate surface area is 158 Å². The number of benzene rings is 1. The monoisotopic (exact) mass is 390 g/mol. The van der Waals surface area contributed by atoms with Crippen molar-refractivity contribution in [2.75, 3.05) is 0 Å². The molecule has 0 amide bonds. The van der Waals surface area contributed by atoms with Gasteiger partial charge in [-0.25, -0.2) is 13.8 Å². The quantitative estimate of drug-likeness (QED) is 0.710. The van der Waals surface area contributed by atoms with Gasteiger partial charge in [0.25, 0.3) is 5.92 Å². The van der Waals surface area contributed by atoms with Gasteiger partial charge in [0, 0.05) is 28.7 Å². The first-order valence-electron chi connectivity index (χ1n) is 8.72. The van der Waals surface area contributed by atoms with E-state index in [1.807, 2.05) is 13.1 Å². The Morgan fingerprint density at radius 2 is 2.19 bits per heavy atom. The molecule has 6 nitrogen and oxygen atoms in total. The van der Waals surface area contributed by atoms with Crippen LogP contribution in [0.2, 0.25) is 5.02 Å². The molecule has 5 rings (SSSR count). The minimum atomic E-state index is -2.75. The second kappa shape index (κ2) is 5.77. The van der Waals surface area contributed by atoms with Gasteiger partial charge in [-0.2, -0.15) is 0 Å². The Bertz CT molecular complexity index is 1090. The first-order valence-corrected chi connectivity index (χ1v) is 9.10. The lowest BCUT2D eigenvalue weighted by Gasteiger charge is -2.38. The zero-order valence-corrected chi connectivity index (χ0v) is 15.3. The molecule has 2 aliphatic rings. The molecular formula is C18H17ClF2N6. The number of hydrazine groups is 2. The lowest BCUT2D eigenvalue weighted by atomic mass is 9.87. The van der Waals surface area contributed by atoms with Gasteiger partial charge < -0.3 is 9.99 Å². The average molecular weight is 391 g/mol. The zero-order valence-electron chi connectivity index (χ0n) is 14.5. The summed E-state index contributed by atoms with van der Waals surface area (Å²) in [4.78, 5) is 9.05. The molecule has 1 aliphatic carbocycles. The van der Waals surface area contributed by atoms with E-state index in [9.17, 15) is 8.78 Å². The summed E-state index contributed by atoms with van der Waals surface area (Å²) in [6.45, 7) is 2.25. The predicted molar refractivity (Wildman–Crippen MR) is 98.8 cm³/mol. The van der Waals surface area contributed by atoms with Crippen molar-refractivity contribution in [2.45, 2.75) is 38.3 Å². The van der Waals surface area contributed by atoms with Crippen LogP contribution in [0.5, 0.6) is 0 Å². The van der Waals surface area contributed by atoms with Gasteiger partial charge in [0.15, 0.2) is 0 Å². The largest absolute Gasteiger partial charge is 0.317 e. The van der Waals surface area contributed by atoms with E-state index in [2.05, 4.69) is 20.9 Å². The van der Waals surface area contributed by atoms with Crippen molar-refractivity contribution in [1.29, 1.82) is 0 Å². The number of nitrogens with zero attached hydrogens (tertiary/aromatic N) is 4. The standard InChI is InChI=1S/C18H17ClF2N6/c1-10-8-26(25-24-10)9-16-23-14-7-22-13-3-2-11(19)6-12(13)17(14)27(16)15-4-5-18(15,20)21/h2-3,6-8,15,24-25H,4-5,9H2,1H3. The van der Waals surface area contributed by atoms with Crippen LogP contribution >= 0.6 is 11.6 Å². The van der Waals surface area contributed by atoms with Crippen molar-refractivity contribution in [1.82, 2.24) is 30.5 Å².